The van der Waals surface area contributed by atoms with Crippen LogP contribution in [0.1, 0.15) is 12.5 Å². The molecule has 0 amide bonds. The third kappa shape index (κ3) is 2.04. The lowest BCUT2D eigenvalue weighted by Gasteiger charge is -2.15. The summed E-state index contributed by atoms with van der Waals surface area (Å²) in [5.41, 5.74) is -1.45. The molecule has 0 spiro atoms. The van der Waals surface area contributed by atoms with E-state index in [-0.39, 0.29) is 5.56 Å². The first kappa shape index (κ1) is 11.3. The Kier molecular flexibility index (Phi) is 2.67. The highest BCUT2D eigenvalue weighted by atomic mass is 19.1. The summed E-state index contributed by atoms with van der Waals surface area (Å²) in [5, 5.41) is 8.76. The fourth-order valence-corrected chi connectivity index (χ4v) is 1.48. The molecule has 17 heavy (non-hydrogen) atoms. The molecule has 0 fully saturated rings. The van der Waals surface area contributed by atoms with E-state index in [1.165, 1.54) is 12.1 Å². The average molecular weight is 234 g/mol. The quantitative estimate of drug-likeness (QED) is 0.885. The van der Waals surface area contributed by atoms with Crippen LogP contribution in [0.15, 0.2) is 43.0 Å². The van der Waals surface area contributed by atoms with Crippen LogP contribution in [0.5, 0.6) is 0 Å². The van der Waals surface area contributed by atoms with Crippen LogP contribution in [0.3, 0.4) is 0 Å². The number of carbonyl (C=O) groups is 1. The summed E-state index contributed by atoms with van der Waals surface area (Å²) in [6.45, 7) is 1.03. The van der Waals surface area contributed by atoms with E-state index in [0.29, 0.717) is 0 Å². The van der Waals surface area contributed by atoms with Crippen molar-refractivity contribution in [3.05, 3.63) is 48.5 Å². The lowest BCUT2D eigenvalue weighted by molar-refractivity contribution is -0.150. The number of imidazole rings is 1. The lowest BCUT2D eigenvalue weighted by Crippen LogP contribution is -2.26. The molecule has 0 saturated carbocycles. The molecule has 0 bridgehead atoms. The van der Waals surface area contributed by atoms with Crippen LogP contribution in [-0.2, 0) is 10.5 Å². The van der Waals surface area contributed by atoms with Gasteiger partial charge in [-0.1, -0.05) is 12.1 Å². The van der Waals surface area contributed by atoms with Gasteiger partial charge in [-0.3, -0.25) is 0 Å². The normalized spacial score (nSPS) is 14.2. The van der Waals surface area contributed by atoms with Gasteiger partial charge in [-0.05, 0) is 19.1 Å². The van der Waals surface area contributed by atoms with Crippen molar-refractivity contribution in [2.24, 2.45) is 0 Å². The van der Waals surface area contributed by atoms with E-state index in [2.05, 4.69) is 4.98 Å². The first-order valence-electron chi connectivity index (χ1n) is 5.03. The number of aliphatic carboxylic acids is 1. The smallest absolute Gasteiger partial charge is 0.345 e. The van der Waals surface area contributed by atoms with E-state index < -0.39 is 11.6 Å². The standard InChI is InChI=1S/C12H11FN2O2/c1-12(13,11(16)17)9-2-4-10(5-3-9)15-7-6-14-8-15/h2-8H,1H3,(H,16,17). The van der Waals surface area contributed by atoms with Crippen molar-refractivity contribution in [3.8, 4) is 5.69 Å². The molecule has 0 radical (unpaired) electrons. The lowest BCUT2D eigenvalue weighted by atomic mass is 9.98. The van der Waals surface area contributed by atoms with Gasteiger partial charge in [0.25, 0.3) is 0 Å². The summed E-state index contributed by atoms with van der Waals surface area (Å²) >= 11 is 0. The summed E-state index contributed by atoms with van der Waals surface area (Å²) in [7, 11) is 0. The summed E-state index contributed by atoms with van der Waals surface area (Å²) in [6, 6.07) is 6.22. The van der Waals surface area contributed by atoms with E-state index >= 15 is 0 Å². The molecular weight excluding hydrogens is 223 g/mol. The fraction of sp³-hybridized carbons (Fsp3) is 0.167. The summed E-state index contributed by atoms with van der Waals surface area (Å²) < 4.78 is 15.6. The van der Waals surface area contributed by atoms with Crippen LogP contribution < -0.4 is 0 Å². The molecule has 2 rings (SSSR count). The maximum absolute atomic E-state index is 13.8. The van der Waals surface area contributed by atoms with Crippen molar-refractivity contribution < 1.29 is 14.3 Å². The predicted molar refractivity (Wildman–Crippen MR) is 59.7 cm³/mol. The van der Waals surface area contributed by atoms with Gasteiger partial charge in [0.05, 0.1) is 6.33 Å². The number of nitrogens with zero attached hydrogens (tertiary/aromatic N) is 2. The Morgan fingerprint density at radius 2 is 2.06 bits per heavy atom. The van der Waals surface area contributed by atoms with Gasteiger partial charge in [-0.25, -0.2) is 14.2 Å². The molecule has 4 nitrogen and oxygen atoms in total. The molecule has 1 aromatic heterocycles. The van der Waals surface area contributed by atoms with Crippen molar-refractivity contribution in [1.29, 1.82) is 0 Å². The number of alkyl halides is 1. The van der Waals surface area contributed by atoms with Gasteiger partial charge in [0.15, 0.2) is 0 Å². The van der Waals surface area contributed by atoms with Gasteiger partial charge < -0.3 is 9.67 Å². The van der Waals surface area contributed by atoms with Crippen LogP contribution in [0, 0.1) is 0 Å². The first-order chi connectivity index (χ1) is 8.01. The highest BCUT2D eigenvalue weighted by molar-refractivity contribution is 5.78. The molecule has 1 atom stereocenters. The highest BCUT2D eigenvalue weighted by Crippen LogP contribution is 2.26. The second-order valence-electron chi connectivity index (χ2n) is 3.82. The Balaban J connectivity index is 2.34. The third-order valence-corrected chi connectivity index (χ3v) is 2.61. The number of carboxylic acid groups (broad SMARTS) is 1. The van der Waals surface area contributed by atoms with Crippen LogP contribution >= 0.6 is 0 Å². The molecule has 0 aliphatic carbocycles. The van der Waals surface area contributed by atoms with Crippen LogP contribution in [-0.4, -0.2) is 20.6 Å². The minimum absolute atomic E-state index is 0.119. The molecular formula is C12H11FN2O2. The number of halogens is 1. The van der Waals surface area contributed by atoms with Crippen molar-refractivity contribution in [2.75, 3.05) is 0 Å². The van der Waals surface area contributed by atoms with Gasteiger partial charge in [-0.2, -0.15) is 0 Å². The van der Waals surface area contributed by atoms with E-state index in [0.717, 1.165) is 12.6 Å². The monoisotopic (exact) mass is 234 g/mol. The summed E-state index contributed by atoms with van der Waals surface area (Å²) in [4.78, 5) is 14.6. The number of hydrogen-bond donors (Lipinski definition) is 1. The zero-order valence-electron chi connectivity index (χ0n) is 9.17. The van der Waals surface area contributed by atoms with Gasteiger partial charge in [0, 0.05) is 23.6 Å². The molecule has 5 heteroatoms. The average Bonchev–Trinajstić information content (AvgIpc) is 2.82. The molecule has 1 heterocycles. The van der Waals surface area contributed by atoms with Gasteiger partial charge in [0.2, 0.25) is 5.67 Å². The molecule has 0 aliphatic heterocycles. The number of hydrogen-bond acceptors (Lipinski definition) is 2. The first-order valence-corrected chi connectivity index (χ1v) is 5.03. The zero-order valence-corrected chi connectivity index (χ0v) is 9.17. The Bertz CT molecular complexity index is 518. The number of carboxylic acids is 1. The second-order valence-corrected chi connectivity index (χ2v) is 3.82. The predicted octanol–water partition coefficient (Wildman–Crippen LogP) is 2.14. The van der Waals surface area contributed by atoms with E-state index in [1.54, 1.807) is 35.4 Å². The summed E-state index contributed by atoms with van der Waals surface area (Å²) in [5.74, 6) is -1.49. The molecule has 1 aromatic carbocycles. The minimum Gasteiger partial charge on any atom is -0.479 e. The number of benzene rings is 1. The minimum atomic E-state index is -2.37. The largest absolute Gasteiger partial charge is 0.479 e. The molecule has 88 valence electrons. The van der Waals surface area contributed by atoms with E-state index in [4.69, 9.17) is 5.11 Å². The van der Waals surface area contributed by atoms with Crippen LogP contribution in [0.2, 0.25) is 0 Å². The Hall–Kier alpha value is -2.17. The fourth-order valence-electron chi connectivity index (χ4n) is 1.48. The van der Waals surface area contributed by atoms with Crippen molar-refractivity contribution in [1.82, 2.24) is 9.55 Å². The molecule has 1 N–H and O–H groups in total. The zero-order chi connectivity index (χ0) is 12.5. The van der Waals surface area contributed by atoms with Crippen LogP contribution in [0.4, 0.5) is 4.39 Å². The molecule has 0 aliphatic rings. The van der Waals surface area contributed by atoms with Crippen molar-refractivity contribution >= 4 is 5.97 Å². The van der Waals surface area contributed by atoms with Crippen LogP contribution in [0.25, 0.3) is 5.69 Å². The third-order valence-electron chi connectivity index (χ3n) is 2.61. The molecule has 1 unspecified atom stereocenters. The topological polar surface area (TPSA) is 55.1 Å². The van der Waals surface area contributed by atoms with E-state index in [1.807, 2.05) is 0 Å². The van der Waals surface area contributed by atoms with Crippen molar-refractivity contribution in [3.63, 3.8) is 0 Å². The second kappa shape index (κ2) is 4.01. The maximum Gasteiger partial charge on any atom is 0.345 e. The maximum atomic E-state index is 13.8. The Labute approximate surface area is 97.3 Å². The number of aromatic nitrogens is 2. The Morgan fingerprint density at radius 1 is 1.41 bits per heavy atom. The van der Waals surface area contributed by atoms with Gasteiger partial charge in [0.1, 0.15) is 0 Å². The number of rotatable bonds is 3. The highest BCUT2D eigenvalue weighted by Gasteiger charge is 2.34. The van der Waals surface area contributed by atoms with Crippen molar-refractivity contribution in [2.45, 2.75) is 12.6 Å². The SMILES string of the molecule is CC(F)(C(=O)O)c1ccc(-n2ccnc2)cc1. The van der Waals surface area contributed by atoms with Gasteiger partial charge in [-0.15, -0.1) is 0 Å². The van der Waals surface area contributed by atoms with E-state index in [9.17, 15) is 9.18 Å². The molecule has 2 aromatic rings. The Morgan fingerprint density at radius 3 is 2.53 bits per heavy atom. The molecule has 0 saturated heterocycles. The summed E-state index contributed by atoms with van der Waals surface area (Å²) in [6.07, 6.45) is 4.99. The van der Waals surface area contributed by atoms with Gasteiger partial charge >= 0.3 is 5.97 Å².